The Kier molecular flexibility index (Phi) is 2.78. The SMILES string of the molecule is CC1CCCN(c2nc(N)c3ccccc3n2)C1. The Morgan fingerprint density at radius 3 is 2.94 bits per heavy atom. The fourth-order valence-corrected chi connectivity index (χ4v) is 2.60. The maximum absolute atomic E-state index is 6.02. The van der Waals surface area contributed by atoms with Crippen LogP contribution in [0.3, 0.4) is 0 Å². The summed E-state index contributed by atoms with van der Waals surface area (Å²) in [5.74, 6) is 2.06. The highest BCUT2D eigenvalue weighted by molar-refractivity contribution is 5.88. The van der Waals surface area contributed by atoms with Gasteiger partial charge in [-0.05, 0) is 30.9 Å². The van der Waals surface area contributed by atoms with Crippen molar-refractivity contribution >= 4 is 22.7 Å². The van der Waals surface area contributed by atoms with E-state index in [0.29, 0.717) is 11.7 Å². The Balaban J connectivity index is 2.02. The molecule has 0 amide bonds. The number of rotatable bonds is 1. The molecule has 0 saturated carbocycles. The topological polar surface area (TPSA) is 55.0 Å². The predicted molar refractivity (Wildman–Crippen MR) is 74.6 cm³/mol. The van der Waals surface area contributed by atoms with Crippen molar-refractivity contribution in [2.45, 2.75) is 19.8 Å². The lowest BCUT2D eigenvalue weighted by Gasteiger charge is -2.31. The number of para-hydroxylation sites is 1. The number of fused-ring (bicyclic) bond motifs is 1. The molecule has 18 heavy (non-hydrogen) atoms. The van der Waals surface area contributed by atoms with Crippen molar-refractivity contribution in [3.63, 3.8) is 0 Å². The molecule has 4 heteroatoms. The summed E-state index contributed by atoms with van der Waals surface area (Å²) in [7, 11) is 0. The van der Waals surface area contributed by atoms with Crippen LogP contribution in [0.4, 0.5) is 11.8 Å². The first kappa shape index (κ1) is 11.3. The molecule has 0 radical (unpaired) electrons. The fourth-order valence-electron chi connectivity index (χ4n) is 2.60. The van der Waals surface area contributed by atoms with E-state index in [9.17, 15) is 0 Å². The van der Waals surface area contributed by atoms with Crippen LogP contribution < -0.4 is 10.6 Å². The molecule has 1 saturated heterocycles. The van der Waals surface area contributed by atoms with Crippen molar-refractivity contribution in [1.82, 2.24) is 9.97 Å². The summed E-state index contributed by atoms with van der Waals surface area (Å²) in [6, 6.07) is 7.90. The van der Waals surface area contributed by atoms with E-state index < -0.39 is 0 Å². The summed E-state index contributed by atoms with van der Waals surface area (Å²) in [6.07, 6.45) is 2.50. The van der Waals surface area contributed by atoms with Gasteiger partial charge in [0.15, 0.2) is 0 Å². The number of hydrogen-bond acceptors (Lipinski definition) is 4. The molecule has 2 N–H and O–H groups in total. The van der Waals surface area contributed by atoms with Crippen LogP contribution in [0.1, 0.15) is 19.8 Å². The number of nitrogen functional groups attached to an aromatic ring is 1. The molecule has 2 heterocycles. The Hall–Kier alpha value is -1.84. The van der Waals surface area contributed by atoms with E-state index in [-0.39, 0.29) is 0 Å². The molecule has 1 fully saturated rings. The number of piperidine rings is 1. The molecule has 2 aromatic rings. The first-order valence-corrected chi connectivity index (χ1v) is 6.51. The van der Waals surface area contributed by atoms with E-state index in [2.05, 4.69) is 21.8 Å². The van der Waals surface area contributed by atoms with Crippen molar-refractivity contribution in [3.05, 3.63) is 24.3 Å². The Morgan fingerprint density at radius 1 is 1.28 bits per heavy atom. The van der Waals surface area contributed by atoms with Crippen LogP contribution in [-0.4, -0.2) is 23.1 Å². The van der Waals surface area contributed by atoms with Crippen LogP contribution in [-0.2, 0) is 0 Å². The summed E-state index contributed by atoms with van der Waals surface area (Å²) in [6.45, 7) is 4.33. The quantitative estimate of drug-likeness (QED) is 0.834. The summed E-state index contributed by atoms with van der Waals surface area (Å²) in [5, 5.41) is 0.936. The zero-order valence-corrected chi connectivity index (χ0v) is 10.6. The third-order valence-electron chi connectivity index (χ3n) is 3.56. The second kappa shape index (κ2) is 4.44. The minimum atomic E-state index is 0.578. The normalized spacial score (nSPS) is 20.3. The average Bonchev–Trinajstić information content (AvgIpc) is 2.39. The van der Waals surface area contributed by atoms with Crippen molar-refractivity contribution in [2.75, 3.05) is 23.7 Å². The maximum atomic E-state index is 6.02. The monoisotopic (exact) mass is 242 g/mol. The minimum Gasteiger partial charge on any atom is -0.383 e. The fraction of sp³-hybridized carbons (Fsp3) is 0.429. The first-order chi connectivity index (χ1) is 8.74. The highest BCUT2D eigenvalue weighted by atomic mass is 15.3. The highest BCUT2D eigenvalue weighted by Crippen LogP contribution is 2.24. The zero-order chi connectivity index (χ0) is 12.5. The molecule has 1 aromatic heterocycles. The van der Waals surface area contributed by atoms with Crippen molar-refractivity contribution in [3.8, 4) is 0 Å². The van der Waals surface area contributed by atoms with Gasteiger partial charge >= 0.3 is 0 Å². The van der Waals surface area contributed by atoms with Crippen LogP contribution in [0, 0.1) is 5.92 Å². The molecule has 0 bridgehead atoms. The van der Waals surface area contributed by atoms with Crippen LogP contribution in [0.2, 0.25) is 0 Å². The highest BCUT2D eigenvalue weighted by Gasteiger charge is 2.19. The van der Waals surface area contributed by atoms with Gasteiger partial charge in [-0.1, -0.05) is 19.1 Å². The Labute approximate surface area is 107 Å². The van der Waals surface area contributed by atoms with E-state index in [0.717, 1.165) is 29.9 Å². The summed E-state index contributed by atoms with van der Waals surface area (Å²) in [5.41, 5.74) is 6.95. The van der Waals surface area contributed by atoms with Gasteiger partial charge in [0.1, 0.15) is 5.82 Å². The van der Waals surface area contributed by atoms with Gasteiger partial charge in [0.25, 0.3) is 0 Å². The number of anilines is 2. The van der Waals surface area contributed by atoms with E-state index in [4.69, 9.17) is 5.73 Å². The standard InChI is InChI=1S/C14H18N4/c1-10-5-4-8-18(9-10)14-16-12-7-3-2-6-11(12)13(15)17-14/h2-3,6-7,10H,4-5,8-9H2,1H3,(H2,15,16,17). The van der Waals surface area contributed by atoms with Gasteiger partial charge in [-0.2, -0.15) is 4.98 Å². The minimum absolute atomic E-state index is 0.578. The van der Waals surface area contributed by atoms with E-state index in [1.54, 1.807) is 0 Å². The molecule has 94 valence electrons. The maximum Gasteiger partial charge on any atom is 0.227 e. The van der Waals surface area contributed by atoms with E-state index >= 15 is 0 Å². The van der Waals surface area contributed by atoms with E-state index in [1.165, 1.54) is 12.8 Å². The summed E-state index contributed by atoms with van der Waals surface area (Å²) < 4.78 is 0. The molecule has 4 nitrogen and oxygen atoms in total. The molecule has 1 aliphatic heterocycles. The van der Waals surface area contributed by atoms with Gasteiger partial charge in [-0.15, -0.1) is 0 Å². The molecule has 1 atom stereocenters. The van der Waals surface area contributed by atoms with Gasteiger partial charge in [0, 0.05) is 18.5 Å². The van der Waals surface area contributed by atoms with Crippen LogP contribution in [0.5, 0.6) is 0 Å². The van der Waals surface area contributed by atoms with Crippen molar-refractivity contribution < 1.29 is 0 Å². The second-order valence-electron chi connectivity index (χ2n) is 5.12. The van der Waals surface area contributed by atoms with Crippen molar-refractivity contribution in [2.24, 2.45) is 5.92 Å². The molecule has 0 spiro atoms. The lowest BCUT2D eigenvalue weighted by molar-refractivity contribution is 0.442. The zero-order valence-electron chi connectivity index (χ0n) is 10.6. The van der Waals surface area contributed by atoms with Crippen molar-refractivity contribution in [1.29, 1.82) is 0 Å². The molecule has 3 rings (SSSR count). The van der Waals surface area contributed by atoms with Gasteiger partial charge in [-0.3, -0.25) is 0 Å². The molecular formula is C14H18N4. The Morgan fingerprint density at radius 2 is 2.11 bits per heavy atom. The first-order valence-electron chi connectivity index (χ1n) is 6.51. The van der Waals surface area contributed by atoms with Gasteiger partial charge < -0.3 is 10.6 Å². The number of benzene rings is 1. The Bertz CT molecular complexity index is 567. The van der Waals surface area contributed by atoms with Crippen LogP contribution in [0.15, 0.2) is 24.3 Å². The van der Waals surface area contributed by atoms with Crippen LogP contribution >= 0.6 is 0 Å². The lowest BCUT2D eigenvalue weighted by Crippen LogP contribution is -2.35. The average molecular weight is 242 g/mol. The third kappa shape index (κ3) is 1.98. The smallest absolute Gasteiger partial charge is 0.227 e. The van der Waals surface area contributed by atoms with Gasteiger partial charge in [0.05, 0.1) is 5.52 Å². The molecular weight excluding hydrogens is 224 g/mol. The van der Waals surface area contributed by atoms with E-state index in [1.807, 2.05) is 24.3 Å². The van der Waals surface area contributed by atoms with Gasteiger partial charge in [-0.25, -0.2) is 4.98 Å². The largest absolute Gasteiger partial charge is 0.383 e. The lowest BCUT2D eigenvalue weighted by atomic mass is 10.0. The number of nitrogens with zero attached hydrogens (tertiary/aromatic N) is 3. The molecule has 1 unspecified atom stereocenters. The van der Waals surface area contributed by atoms with Gasteiger partial charge in [0.2, 0.25) is 5.95 Å². The number of nitrogens with two attached hydrogens (primary N) is 1. The van der Waals surface area contributed by atoms with Crippen LogP contribution in [0.25, 0.3) is 10.9 Å². The molecule has 0 aliphatic carbocycles. The molecule has 1 aromatic carbocycles. The third-order valence-corrected chi connectivity index (χ3v) is 3.56. The second-order valence-corrected chi connectivity index (χ2v) is 5.12. The number of aromatic nitrogens is 2. The predicted octanol–water partition coefficient (Wildman–Crippen LogP) is 2.45. The summed E-state index contributed by atoms with van der Waals surface area (Å²) in [4.78, 5) is 11.3. The number of hydrogen-bond donors (Lipinski definition) is 1. The summed E-state index contributed by atoms with van der Waals surface area (Å²) >= 11 is 0. The molecule has 1 aliphatic rings.